The van der Waals surface area contributed by atoms with Gasteiger partial charge in [-0.3, -0.25) is 14.5 Å². The van der Waals surface area contributed by atoms with Gasteiger partial charge in [-0.05, 0) is 62.7 Å². The van der Waals surface area contributed by atoms with E-state index in [1.807, 2.05) is 37.3 Å². The van der Waals surface area contributed by atoms with E-state index in [2.05, 4.69) is 15.2 Å². The highest BCUT2D eigenvalue weighted by molar-refractivity contribution is 6.04. The molecule has 156 valence electrons. The molecular weight excluding hydrogens is 380 g/mol. The summed E-state index contributed by atoms with van der Waals surface area (Å²) in [5, 5.41) is 2.83. The second kappa shape index (κ2) is 8.67. The molecule has 1 saturated heterocycles. The zero-order chi connectivity index (χ0) is 21.1. The second-order valence-electron chi connectivity index (χ2n) is 7.66. The Bertz CT molecular complexity index is 1130. The lowest BCUT2D eigenvalue weighted by molar-refractivity contribution is 0.102. The van der Waals surface area contributed by atoms with Gasteiger partial charge in [0.25, 0.3) is 11.5 Å². The Kier molecular flexibility index (Phi) is 5.81. The van der Waals surface area contributed by atoms with E-state index in [-0.39, 0.29) is 5.69 Å². The van der Waals surface area contributed by atoms with Gasteiger partial charge in [-0.2, -0.15) is 0 Å². The van der Waals surface area contributed by atoms with Crippen molar-refractivity contribution in [2.75, 3.05) is 31.6 Å². The topological polar surface area (TPSA) is 76.5 Å². The number of ether oxygens (including phenoxy) is 1. The summed E-state index contributed by atoms with van der Waals surface area (Å²) < 4.78 is 7.40. The Morgan fingerprint density at radius 2 is 1.93 bits per heavy atom. The van der Waals surface area contributed by atoms with E-state index in [1.54, 1.807) is 19.2 Å². The Morgan fingerprint density at radius 3 is 2.73 bits per heavy atom. The number of hydrogen-bond acceptors (Lipinski definition) is 5. The van der Waals surface area contributed by atoms with Crippen LogP contribution < -0.4 is 15.6 Å². The minimum Gasteiger partial charge on any atom is -0.490 e. The smallest absolute Gasteiger partial charge is 0.282 e. The first kappa shape index (κ1) is 20.1. The van der Waals surface area contributed by atoms with Crippen LogP contribution in [-0.4, -0.2) is 46.6 Å². The van der Waals surface area contributed by atoms with Crippen LogP contribution in [0.25, 0.3) is 11.0 Å². The van der Waals surface area contributed by atoms with Crippen molar-refractivity contribution < 1.29 is 9.53 Å². The van der Waals surface area contributed by atoms with Gasteiger partial charge in [0.05, 0.1) is 16.7 Å². The van der Waals surface area contributed by atoms with E-state index in [9.17, 15) is 9.59 Å². The van der Waals surface area contributed by atoms with Gasteiger partial charge in [-0.25, -0.2) is 4.98 Å². The zero-order valence-electron chi connectivity index (χ0n) is 17.4. The van der Waals surface area contributed by atoms with E-state index in [0.29, 0.717) is 29.1 Å². The van der Waals surface area contributed by atoms with Crippen molar-refractivity contribution in [2.24, 2.45) is 7.05 Å². The highest BCUT2D eigenvalue weighted by atomic mass is 16.5. The monoisotopic (exact) mass is 406 g/mol. The number of fused-ring (bicyclic) bond motifs is 1. The number of aromatic nitrogens is 2. The van der Waals surface area contributed by atoms with Gasteiger partial charge >= 0.3 is 0 Å². The fourth-order valence-corrected chi connectivity index (χ4v) is 3.77. The maximum atomic E-state index is 12.9. The number of benzene rings is 2. The fourth-order valence-electron chi connectivity index (χ4n) is 3.77. The molecule has 0 radical (unpaired) electrons. The number of nitrogens with one attached hydrogen (secondary N) is 1. The number of carbonyl (C=O) groups excluding carboxylic acids is 1. The Hall–Kier alpha value is -3.19. The molecule has 4 rings (SSSR count). The van der Waals surface area contributed by atoms with Gasteiger partial charge in [-0.1, -0.05) is 18.2 Å². The molecule has 3 aromatic rings. The standard InChI is InChI=1S/C23H26N4O3/c1-16-9-10-20(30-14-13-27-11-5-6-12-27)18(15-16)25-22(28)21-23(29)26(2)19-8-4-3-7-17(19)24-21/h3-4,7-10,15H,5-6,11-14H2,1-2H3,(H,25,28). The van der Waals surface area contributed by atoms with Crippen molar-refractivity contribution >= 4 is 22.6 Å². The first-order chi connectivity index (χ1) is 14.5. The van der Waals surface area contributed by atoms with Gasteiger partial charge < -0.3 is 14.6 Å². The number of likely N-dealkylation sites (tertiary alicyclic amines) is 1. The maximum Gasteiger partial charge on any atom is 0.282 e. The number of amides is 1. The Labute approximate surface area is 175 Å². The maximum absolute atomic E-state index is 12.9. The predicted octanol–water partition coefficient (Wildman–Crippen LogP) is 2.97. The summed E-state index contributed by atoms with van der Waals surface area (Å²) in [6, 6.07) is 12.9. The summed E-state index contributed by atoms with van der Waals surface area (Å²) in [5.74, 6) is 0.0436. The van der Waals surface area contributed by atoms with Gasteiger partial charge in [0, 0.05) is 13.6 Å². The molecule has 0 spiro atoms. The minimum absolute atomic E-state index is 0.138. The first-order valence-corrected chi connectivity index (χ1v) is 10.3. The van der Waals surface area contributed by atoms with Crippen LogP contribution in [0.4, 0.5) is 5.69 Å². The van der Waals surface area contributed by atoms with Crippen molar-refractivity contribution in [2.45, 2.75) is 19.8 Å². The number of nitrogens with zero attached hydrogens (tertiary/aromatic N) is 3. The molecule has 0 aliphatic carbocycles. The number of para-hydroxylation sites is 2. The van der Waals surface area contributed by atoms with Crippen molar-refractivity contribution in [1.29, 1.82) is 0 Å². The summed E-state index contributed by atoms with van der Waals surface area (Å²) in [5.41, 5.74) is 2.22. The summed E-state index contributed by atoms with van der Waals surface area (Å²) >= 11 is 0. The molecule has 0 atom stereocenters. The number of aryl methyl sites for hydroxylation is 2. The van der Waals surface area contributed by atoms with Crippen LogP contribution in [0.3, 0.4) is 0 Å². The third-order valence-electron chi connectivity index (χ3n) is 5.44. The van der Waals surface area contributed by atoms with Crippen molar-refractivity contribution in [1.82, 2.24) is 14.5 Å². The Morgan fingerprint density at radius 1 is 1.17 bits per heavy atom. The molecule has 2 heterocycles. The van der Waals surface area contributed by atoms with Crippen LogP contribution in [0, 0.1) is 6.92 Å². The molecule has 0 unspecified atom stereocenters. The molecule has 2 aromatic carbocycles. The predicted molar refractivity (Wildman–Crippen MR) is 117 cm³/mol. The lowest BCUT2D eigenvalue weighted by Crippen LogP contribution is -2.30. The number of rotatable bonds is 6. The average molecular weight is 406 g/mol. The van der Waals surface area contributed by atoms with Crippen molar-refractivity contribution in [3.8, 4) is 5.75 Å². The molecule has 7 nitrogen and oxygen atoms in total. The molecule has 7 heteroatoms. The minimum atomic E-state index is -0.545. The van der Waals surface area contributed by atoms with Crippen LogP contribution in [0.2, 0.25) is 0 Å². The van der Waals surface area contributed by atoms with Gasteiger partial charge in [0.1, 0.15) is 12.4 Å². The summed E-state index contributed by atoms with van der Waals surface area (Å²) in [4.78, 5) is 32.3. The molecule has 1 N–H and O–H groups in total. The van der Waals surface area contributed by atoms with Crippen LogP contribution in [-0.2, 0) is 7.05 Å². The molecule has 30 heavy (non-hydrogen) atoms. The Balaban J connectivity index is 1.55. The second-order valence-corrected chi connectivity index (χ2v) is 7.66. The van der Waals surface area contributed by atoms with E-state index < -0.39 is 11.5 Å². The summed E-state index contributed by atoms with van der Waals surface area (Å²) in [6.07, 6.45) is 2.47. The fraction of sp³-hybridized carbons (Fsp3) is 0.348. The normalized spacial score (nSPS) is 14.2. The van der Waals surface area contributed by atoms with E-state index in [0.717, 1.165) is 25.2 Å². The molecule has 1 aliphatic heterocycles. The summed E-state index contributed by atoms with van der Waals surface area (Å²) in [7, 11) is 1.64. The van der Waals surface area contributed by atoms with Crippen molar-refractivity contribution in [3.63, 3.8) is 0 Å². The molecule has 1 aromatic heterocycles. The highest BCUT2D eigenvalue weighted by Crippen LogP contribution is 2.26. The lowest BCUT2D eigenvalue weighted by atomic mass is 10.2. The van der Waals surface area contributed by atoms with Gasteiger partial charge in [0.2, 0.25) is 0 Å². The third-order valence-corrected chi connectivity index (χ3v) is 5.44. The SMILES string of the molecule is Cc1ccc(OCCN2CCCC2)c(NC(=O)c2nc3ccccc3n(C)c2=O)c1. The lowest BCUT2D eigenvalue weighted by Gasteiger charge is -2.17. The van der Waals surface area contributed by atoms with Crippen LogP contribution in [0.15, 0.2) is 47.3 Å². The molecule has 0 saturated carbocycles. The van der Waals surface area contributed by atoms with Crippen LogP contribution >= 0.6 is 0 Å². The number of carbonyl (C=O) groups is 1. The van der Waals surface area contributed by atoms with Crippen molar-refractivity contribution in [3.05, 3.63) is 64.1 Å². The molecule has 1 amide bonds. The number of hydrogen-bond donors (Lipinski definition) is 1. The van der Waals surface area contributed by atoms with Crippen LogP contribution in [0.1, 0.15) is 28.9 Å². The van der Waals surface area contributed by atoms with E-state index in [4.69, 9.17) is 4.74 Å². The third kappa shape index (κ3) is 4.21. The molecular formula is C23H26N4O3. The zero-order valence-corrected chi connectivity index (χ0v) is 17.4. The molecule has 1 fully saturated rings. The molecule has 0 bridgehead atoms. The largest absolute Gasteiger partial charge is 0.490 e. The molecule has 1 aliphatic rings. The summed E-state index contributed by atoms with van der Waals surface area (Å²) in [6.45, 7) is 5.56. The van der Waals surface area contributed by atoms with Gasteiger partial charge in [-0.15, -0.1) is 0 Å². The van der Waals surface area contributed by atoms with E-state index in [1.165, 1.54) is 17.4 Å². The highest BCUT2D eigenvalue weighted by Gasteiger charge is 2.18. The number of anilines is 1. The van der Waals surface area contributed by atoms with Crippen LogP contribution in [0.5, 0.6) is 5.75 Å². The average Bonchev–Trinajstić information content (AvgIpc) is 3.26. The quantitative estimate of drug-likeness (QED) is 0.681. The van der Waals surface area contributed by atoms with E-state index >= 15 is 0 Å². The first-order valence-electron chi connectivity index (χ1n) is 10.3. The van der Waals surface area contributed by atoms with Gasteiger partial charge in [0.15, 0.2) is 5.69 Å².